The van der Waals surface area contributed by atoms with Crippen molar-refractivity contribution in [1.82, 2.24) is 4.90 Å². The van der Waals surface area contributed by atoms with Crippen molar-refractivity contribution in [3.8, 4) is 5.75 Å². The van der Waals surface area contributed by atoms with Crippen LogP contribution in [0.4, 0.5) is 0 Å². The monoisotopic (exact) mass is 869 g/mol. The Bertz CT molecular complexity index is 1960. The summed E-state index contributed by atoms with van der Waals surface area (Å²) in [6.45, 7) is 9.32. The third-order valence-electron chi connectivity index (χ3n) is 12.2. The van der Waals surface area contributed by atoms with Crippen LogP contribution in [0.25, 0.3) is 6.08 Å². The number of benzene rings is 3. The molecule has 0 radical (unpaired) electrons. The number of carbonyl (C=O) groups is 3. The molecule has 2 fully saturated rings. The first-order chi connectivity index (χ1) is 27.7. The van der Waals surface area contributed by atoms with Crippen LogP contribution in [0.3, 0.4) is 0 Å². The Balaban J connectivity index is 1.39. The van der Waals surface area contributed by atoms with Crippen LogP contribution in [0, 0.1) is 17.8 Å². The first-order valence-corrected chi connectivity index (χ1v) is 23.5. The number of rotatable bonds is 17. The zero-order valence-electron chi connectivity index (χ0n) is 34.2. The average molecular weight is 871 g/mol. The summed E-state index contributed by atoms with van der Waals surface area (Å²) in [4.78, 5) is 41.1. The quantitative estimate of drug-likeness (QED) is 0.0537. The molecular weight excluding hydrogens is 813 g/mol. The van der Waals surface area contributed by atoms with Crippen molar-refractivity contribution in [2.24, 2.45) is 17.8 Å². The Labute approximate surface area is 352 Å². The number of carboxylic acid groups (broad SMARTS) is 1. The third-order valence-corrected chi connectivity index (χ3v) is 17.7. The number of likely N-dealkylation sites (tertiary alicyclic amines) is 1. The van der Waals surface area contributed by atoms with Gasteiger partial charge in [-0.1, -0.05) is 129 Å². The molecule has 3 aliphatic rings. The lowest BCUT2D eigenvalue weighted by Gasteiger charge is -2.46. The number of aliphatic carboxylic acids is 1. The molecule has 12 heteroatoms. The first-order valence-electron chi connectivity index (χ1n) is 20.8. The second-order valence-corrected chi connectivity index (χ2v) is 22.3. The van der Waals surface area contributed by atoms with Crippen molar-refractivity contribution >= 4 is 65.6 Å². The van der Waals surface area contributed by atoms with Gasteiger partial charge in [0.25, 0.3) is 8.32 Å². The minimum absolute atomic E-state index is 0.0513. The molecule has 3 aromatic rings. The van der Waals surface area contributed by atoms with Gasteiger partial charge < -0.3 is 24.3 Å². The van der Waals surface area contributed by atoms with E-state index in [1.807, 2.05) is 24.3 Å². The van der Waals surface area contributed by atoms with Crippen LogP contribution in [-0.4, -0.2) is 72.6 Å². The molecule has 2 amide bonds. The second-order valence-electron chi connectivity index (χ2n) is 17.1. The average Bonchev–Trinajstić information content (AvgIpc) is 3.43. The Kier molecular flexibility index (Phi) is 14.4. The lowest BCUT2D eigenvalue weighted by Crippen LogP contribution is -2.66. The molecule has 3 aromatic carbocycles. The van der Waals surface area contributed by atoms with Crippen LogP contribution in [0.2, 0.25) is 11.4 Å². The van der Waals surface area contributed by atoms with Gasteiger partial charge in [-0.2, -0.15) is 0 Å². The van der Waals surface area contributed by atoms with Crippen molar-refractivity contribution in [3.05, 3.63) is 106 Å². The molecule has 0 unspecified atom stereocenters. The van der Waals surface area contributed by atoms with Crippen LogP contribution in [0.1, 0.15) is 91.0 Å². The number of nitrogens with zero attached hydrogens (tertiary/aromatic N) is 1. The van der Waals surface area contributed by atoms with E-state index in [1.165, 1.54) is 4.90 Å². The van der Waals surface area contributed by atoms with Crippen molar-refractivity contribution in [2.45, 2.75) is 103 Å². The van der Waals surface area contributed by atoms with Gasteiger partial charge in [0.2, 0.25) is 11.8 Å². The standard InChI is InChI=1S/C46H57BBrNO8Si/c1-5-15-31(26-32-27-34(48)22-23-39(32)50)21-24-40-42-33(30-56-58(46(2,3)4,35-16-9-6-10-17-35)36-18-11-7-12-19-36)28-37-43(38(42)29-47(55)57-40)45(54)49(44(37)53)25-14-8-13-20-41(51)52/h6-7,9-12,16-19,22-23,26-27,37-38,40,43,50,55H,5,8,13-15,20-21,24-25,28-30H2,1-4H3,(H,51,52)/b31-26+/t37-,38+,40-,43-/m1/s1. The summed E-state index contributed by atoms with van der Waals surface area (Å²) in [6, 6.07) is 26.2. The van der Waals surface area contributed by atoms with E-state index in [-0.39, 0.29) is 48.5 Å². The van der Waals surface area contributed by atoms with E-state index in [2.05, 4.69) is 92.2 Å². The van der Waals surface area contributed by atoms with E-state index in [9.17, 15) is 24.5 Å². The van der Waals surface area contributed by atoms with Crippen LogP contribution >= 0.6 is 15.9 Å². The molecule has 2 saturated heterocycles. The molecule has 2 aliphatic heterocycles. The van der Waals surface area contributed by atoms with Crippen molar-refractivity contribution in [2.75, 3.05) is 13.2 Å². The molecule has 3 N–H and O–H groups in total. The lowest BCUT2D eigenvalue weighted by atomic mass is 9.58. The maximum atomic E-state index is 14.3. The highest BCUT2D eigenvalue weighted by atomic mass is 79.9. The highest BCUT2D eigenvalue weighted by Crippen LogP contribution is 2.51. The number of unbranched alkanes of at least 4 members (excludes halogenated alkanes) is 2. The van der Waals surface area contributed by atoms with E-state index >= 15 is 0 Å². The van der Waals surface area contributed by atoms with Crippen molar-refractivity contribution in [1.29, 1.82) is 0 Å². The Morgan fingerprint density at radius 3 is 2.24 bits per heavy atom. The van der Waals surface area contributed by atoms with E-state index in [1.54, 1.807) is 12.1 Å². The molecule has 0 bridgehead atoms. The molecule has 308 valence electrons. The summed E-state index contributed by atoms with van der Waals surface area (Å²) >= 11 is 3.53. The normalized spacial score (nSPS) is 21.4. The fourth-order valence-electron chi connectivity index (χ4n) is 9.63. The van der Waals surface area contributed by atoms with E-state index < -0.39 is 45.3 Å². The van der Waals surface area contributed by atoms with Crippen molar-refractivity contribution in [3.63, 3.8) is 0 Å². The molecule has 0 spiro atoms. The highest BCUT2D eigenvalue weighted by Gasteiger charge is 2.58. The minimum Gasteiger partial charge on any atom is -0.507 e. The van der Waals surface area contributed by atoms with Crippen molar-refractivity contribution < 1.29 is 38.7 Å². The van der Waals surface area contributed by atoms with Gasteiger partial charge in [0, 0.05) is 23.0 Å². The van der Waals surface area contributed by atoms with Crippen LogP contribution < -0.4 is 10.4 Å². The van der Waals surface area contributed by atoms with Crippen LogP contribution in [0.15, 0.2) is 100 Å². The van der Waals surface area contributed by atoms with Gasteiger partial charge in [0.1, 0.15) is 5.75 Å². The summed E-state index contributed by atoms with van der Waals surface area (Å²) in [5.41, 5.74) is 3.79. The van der Waals surface area contributed by atoms with Gasteiger partial charge in [-0.05, 0) is 95.5 Å². The number of imide groups is 1. The van der Waals surface area contributed by atoms with Gasteiger partial charge in [0.15, 0.2) is 0 Å². The highest BCUT2D eigenvalue weighted by molar-refractivity contribution is 9.10. The zero-order valence-corrected chi connectivity index (χ0v) is 36.7. The summed E-state index contributed by atoms with van der Waals surface area (Å²) in [5.74, 6) is -2.70. The molecule has 1 aliphatic carbocycles. The van der Waals surface area contributed by atoms with Gasteiger partial charge in [-0.3, -0.25) is 19.3 Å². The number of carbonyl (C=O) groups excluding carboxylic acids is 2. The first kappa shape index (κ1) is 43.8. The Hall–Kier alpha value is -3.81. The topological polar surface area (TPSA) is 134 Å². The summed E-state index contributed by atoms with van der Waals surface area (Å²) in [6.07, 6.45) is 6.64. The molecule has 9 nitrogen and oxygen atoms in total. The van der Waals surface area contributed by atoms with E-state index in [4.69, 9.17) is 14.2 Å². The smallest absolute Gasteiger partial charge is 0.455 e. The number of amides is 2. The fraction of sp³-hybridized carbons (Fsp3) is 0.457. The largest absolute Gasteiger partial charge is 0.507 e. The van der Waals surface area contributed by atoms with Gasteiger partial charge in [0.05, 0.1) is 24.5 Å². The van der Waals surface area contributed by atoms with Gasteiger partial charge in [-0.25, -0.2) is 0 Å². The molecular formula is C46H57BBrNO8Si. The van der Waals surface area contributed by atoms with Crippen LogP contribution in [-0.2, 0) is 23.5 Å². The second kappa shape index (κ2) is 19.1. The summed E-state index contributed by atoms with van der Waals surface area (Å²) in [7, 11) is -4.12. The molecule has 2 heterocycles. The maximum Gasteiger partial charge on any atom is 0.455 e. The number of hydrogen-bond acceptors (Lipinski definition) is 7. The maximum absolute atomic E-state index is 14.3. The number of hydrogen-bond donors (Lipinski definition) is 3. The number of halogens is 1. The molecule has 4 atom stereocenters. The molecule has 0 saturated carbocycles. The van der Waals surface area contributed by atoms with Gasteiger partial charge >= 0.3 is 13.1 Å². The molecule has 0 aromatic heterocycles. The number of carboxylic acids is 1. The Morgan fingerprint density at radius 1 is 0.948 bits per heavy atom. The summed E-state index contributed by atoms with van der Waals surface area (Å²) in [5, 5.41) is 33.1. The zero-order chi connectivity index (χ0) is 41.6. The SMILES string of the molecule is CCC/C(=C\c1cc(Br)ccc1O)CC[C@H]1OB(O)C[C@H]2C1=C(CO[Si](c1ccccc1)(c1ccccc1)C(C)(C)C)C[C@H]1C(=O)N(CCCCCC(=O)O)C(=O)[C@H]12. The predicted octanol–water partition coefficient (Wildman–Crippen LogP) is 8.14. The van der Waals surface area contributed by atoms with Gasteiger partial charge in [-0.15, -0.1) is 0 Å². The number of allylic oxidation sites excluding steroid dienone is 1. The third kappa shape index (κ3) is 9.47. The predicted molar refractivity (Wildman–Crippen MR) is 234 cm³/mol. The minimum atomic E-state index is -3.00. The number of phenolic OH excluding ortho intramolecular Hbond substituents is 1. The lowest BCUT2D eigenvalue weighted by molar-refractivity contribution is -0.141. The number of aromatic hydroxyl groups is 1. The van der Waals surface area contributed by atoms with E-state index in [0.29, 0.717) is 38.5 Å². The summed E-state index contributed by atoms with van der Waals surface area (Å²) < 4.78 is 14.8. The number of fused-ring (bicyclic) bond motifs is 3. The van der Waals surface area contributed by atoms with Crippen LogP contribution in [0.5, 0.6) is 5.75 Å². The number of phenols is 1. The Morgan fingerprint density at radius 2 is 1.62 bits per heavy atom. The molecule has 58 heavy (non-hydrogen) atoms. The fourth-order valence-corrected chi connectivity index (χ4v) is 14.6. The van der Waals surface area contributed by atoms with E-state index in [0.717, 1.165) is 50.0 Å². The molecule has 6 rings (SSSR count).